The summed E-state index contributed by atoms with van der Waals surface area (Å²) < 4.78 is 0.338. The molecule has 0 N–H and O–H groups in total. The van der Waals surface area contributed by atoms with Crippen LogP contribution in [-0.4, -0.2) is 32.6 Å². The van der Waals surface area contributed by atoms with Crippen LogP contribution in [0.15, 0.2) is 29.2 Å². The number of thiocarbonyl (C=S) groups is 1. The van der Waals surface area contributed by atoms with Crippen molar-refractivity contribution in [2.75, 3.05) is 6.54 Å². The van der Waals surface area contributed by atoms with Crippen LogP contribution in [0.1, 0.15) is 18.4 Å². The number of benzene rings is 1. The van der Waals surface area contributed by atoms with E-state index in [1.807, 2.05) is 0 Å². The first-order chi connectivity index (χ1) is 10.9. The van der Waals surface area contributed by atoms with Crippen LogP contribution >= 0.6 is 24.0 Å². The van der Waals surface area contributed by atoms with Crippen molar-refractivity contribution in [1.82, 2.24) is 4.90 Å². The van der Waals surface area contributed by atoms with Crippen molar-refractivity contribution in [3.8, 4) is 0 Å². The van der Waals surface area contributed by atoms with Gasteiger partial charge in [-0.05, 0) is 24.5 Å². The van der Waals surface area contributed by atoms with Gasteiger partial charge in [-0.2, -0.15) is 0 Å². The third kappa shape index (κ3) is 4.36. The first-order valence-corrected chi connectivity index (χ1v) is 7.80. The molecule has 0 unspecified atom stereocenters. The molecule has 23 heavy (non-hydrogen) atoms. The summed E-state index contributed by atoms with van der Waals surface area (Å²) in [4.78, 5) is 34.6. The smallest absolute Gasteiger partial charge is 0.270 e. The van der Waals surface area contributed by atoms with Crippen LogP contribution in [0.4, 0.5) is 5.69 Å². The Hall–Kier alpha value is -2.26. The molecule has 1 aromatic carbocycles. The summed E-state index contributed by atoms with van der Waals surface area (Å²) in [6.07, 6.45) is 1.63. The summed E-state index contributed by atoms with van der Waals surface area (Å²) >= 11 is 6.20. The van der Waals surface area contributed by atoms with Gasteiger partial charge in [-0.1, -0.05) is 36.1 Å². The molecule has 7 nitrogen and oxygen atoms in total. The predicted octanol–water partition coefficient (Wildman–Crippen LogP) is 1.33. The topological polar surface area (TPSA) is 104 Å². The number of amides is 1. The van der Waals surface area contributed by atoms with Gasteiger partial charge in [0.05, 0.1) is 9.83 Å². The van der Waals surface area contributed by atoms with Crippen molar-refractivity contribution in [2.24, 2.45) is 0 Å². The highest BCUT2D eigenvalue weighted by Gasteiger charge is 2.31. The van der Waals surface area contributed by atoms with Crippen molar-refractivity contribution >= 4 is 51.9 Å². The third-order valence-corrected chi connectivity index (χ3v) is 4.39. The Morgan fingerprint density at radius 3 is 2.83 bits per heavy atom. The summed E-state index contributed by atoms with van der Waals surface area (Å²) in [6.45, 7) is 0.199. The number of rotatable bonds is 6. The van der Waals surface area contributed by atoms with E-state index in [1.165, 1.54) is 29.2 Å². The maximum atomic E-state index is 12.3. The summed E-state index contributed by atoms with van der Waals surface area (Å²) in [5, 5.41) is 21.2. The molecule has 1 aliphatic rings. The minimum absolute atomic E-state index is 0.0665. The average Bonchev–Trinajstić information content (AvgIpc) is 2.74. The standard InChI is InChI=1S/C14H12N2O5S2/c17-12(18)5-2-6-15-13(19)11(23-14(15)22)8-9-3-1-4-10(7-9)16(20)21/h1,3-4,7-8H,2,5-6H2,(H,17,18)/p-1. The lowest BCUT2D eigenvalue weighted by molar-refractivity contribution is -0.384. The van der Waals surface area contributed by atoms with Crippen LogP contribution in [0.5, 0.6) is 0 Å². The molecule has 1 aliphatic heterocycles. The molecule has 120 valence electrons. The number of aliphatic carboxylic acids is 1. The Labute approximate surface area is 141 Å². The minimum atomic E-state index is -1.18. The van der Waals surface area contributed by atoms with Gasteiger partial charge in [-0.25, -0.2) is 0 Å². The third-order valence-electron chi connectivity index (χ3n) is 3.02. The van der Waals surface area contributed by atoms with E-state index in [0.717, 1.165) is 11.8 Å². The van der Waals surface area contributed by atoms with Gasteiger partial charge >= 0.3 is 0 Å². The lowest BCUT2D eigenvalue weighted by Crippen LogP contribution is -2.30. The van der Waals surface area contributed by atoms with Crippen LogP contribution in [0.3, 0.4) is 0 Å². The number of carbonyl (C=O) groups is 2. The summed E-state index contributed by atoms with van der Waals surface area (Å²) in [5.41, 5.74) is 0.456. The first kappa shape index (κ1) is 17.1. The number of hydrogen-bond donors (Lipinski definition) is 0. The molecular formula is C14H11N2O5S2-. The number of carbonyl (C=O) groups excluding carboxylic acids is 2. The zero-order valence-corrected chi connectivity index (χ0v) is 13.4. The Balaban J connectivity index is 2.13. The van der Waals surface area contributed by atoms with Crippen LogP contribution < -0.4 is 5.11 Å². The van der Waals surface area contributed by atoms with Crippen molar-refractivity contribution in [2.45, 2.75) is 12.8 Å². The van der Waals surface area contributed by atoms with Gasteiger partial charge < -0.3 is 9.90 Å². The second-order valence-electron chi connectivity index (χ2n) is 4.66. The summed E-state index contributed by atoms with van der Waals surface area (Å²) in [5.74, 6) is -1.51. The number of hydrogen-bond acceptors (Lipinski definition) is 7. The largest absolute Gasteiger partial charge is 0.550 e. The number of non-ortho nitro benzene ring substituents is 1. The lowest BCUT2D eigenvalue weighted by atomic mass is 10.2. The zero-order chi connectivity index (χ0) is 17.0. The number of nitrogens with zero attached hydrogens (tertiary/aromatic N) is 2. The fourth-order valence-electron chi connectivity index (χ4n) is 1.95. The maximum absolute atomic E-state index is 12.3. The van der Waals surface area contributed by atoms with Crippen LogP contribution in [0, 0.1) is 10.1 Å². The number of nitro benzene ring substituents is 1. The second kappa shape index (κ2) is 7.34. The van der Waals surface area contributed by atoms with E-state index >= 15 is 0 Å². The fourth-order valence-corrected chi connectivity index (χ4v) is 3.26. The fraction of sp³-hybridized carbons (Fsp3) is 0.214. The molecular weight excluding hydrogens is 340 g/mol. The molecule has 0 atom stereocenters. The molecule has 0 aliphatic carbocycles. The van der Waals surface area contributed by atoms with E-state index in [2.05, 4.69) is 0 Å². The van der Waals surface area contributed by atoms with Crippen LogP contribution in [0.2, 0.25) is 0 Å². The van der Waals surface area contributed by atoms with E-state index in [1.54, 1.807) is 6.07 Å². The number of carboxylic acid groups (broad SMARTS) is 1. The highest BCUT2D eigenvalue weighted by Crippen LogP contribution is 2.33. The van der Waals surface area contributed by atoms with Crippen molar-refractivity contribution in [3.63, 3.8) is 0 Å². The molecule has 0 aromatic heterocycles. The van der Waals surface area contributed by atoms with Gasteiger partial charge in [0.25, 0.3) is 11.6 Å². The quantitative estimate of drug-likeness (QED) is 0.329. The first-order valence-electron chi connectivity index (χ1n) is 6.58. The molecule has 1 aromatic rings. The predicted molar refractivity (Wildman–Crippen MR) is 87.2 cm³/mol. The molecule has 0 bridgehead atoms. The van der Waals surface area contributed by atoms with Gasteiger partial charge in [0, 0.05) is 24.6 Å². The summed E-state index contributed by atoms with van der Waals surface area (Å²) in [7, 11) is 0. The van der Waals surface area contributed by atoms with E-state index in [-0.39, 0.29) is 31.0 Å². The van der Waals surface area contributed by atoms with Gasteiger partial charge in [0.2, 0.25) is 0 Å². The molecule has 1 saturated heterocycles. The molecule has 1 heterocycles. The minimum Gasteiger partial charge on any atom is -0.550 e. The Bertz CT molecular complexity index is 717. The van der Waals surface area contributed by atoms with Crippen LogP contribution in [0.25, 0.3) is 6.08 Å². The average molecular weight is 351 g/mol. The van der Waals surface area contributed by atoms with Gasteiger partial charge in [-0.3, -0.25) is 19.8 Å². The van der Waals surface area contributed by atoms with Gasteiger partial charge in [-0.15, -0.1) is 0 Å². The van der Waals surface area contributed by atoms with E-state index in [9.17, 15) is 24.8 Å². The Morgan fingerprint density at radius 1 is 1.43 bits per heavy atom. The normalized spacial score (nSPS) is 16.2. The van der Waals surface area contributed by atoms with E-state index in [4.69, 9.17) is 12.2 Å². The zero-order valence-electron chi connectivity index (χ0n) is 11.8. The van der Waals surface area contributed by atoms with Gasteiger partial charge in [0.1, 0.15) is 4.32 Å². The van der Waals surface area contributed by atoms with Crippen LogP contribution in [-0.2, 0) is 9.59 Å². The van der Waals surface area contributed by atoms with Crippen molar-refractivity contribution < 1.29 is 19.6 Å². The molecule has 1 fully saturated rings. The maximum Gasteiger partial charge on any atom is 0.270 e. The van der Waals surface area contributed by atoms with Crippen molar-refractivity contribution in [1.29, 1.82) is 0 Å². The van der Waals surface area contributed by atoms with Crippen molar-refractivity contribution in [3.05, 3.63) is 44.8 Å². The van der Waals surface area contributed by atoms with Gasteiger partial charge in [0.15, 0.2) is 0 Å². The molecule has 0 saturated carbocycles. The number of carboxylic acids is 1. The molecule has 9 heteroatoms. The van der Waals surface area contributed by atoms with E-state index in [0.29, 0.717) is 14.8 Å². The molecule has 1 amide bonds. The highest BCUT2D eigenvalue weighted by atomic mass is 32.2. The molecule has 0 spiro atoms. The lowest BCUT2D eigenvalue weighted by Gasteiger charge is -2.14. The molecule has 0 radical (unpaired) electrons. The highest BCUT2D eigenvalue weighted by molar-refractivity contribution is 8.26. The SMILES string of the molecule is O=C([O-])CCCN1C(=O)C(=Cc2cccc([N+](=O)[O-])c2)SC1=S. The van der Waals surface area contributed by atoms with E-state index < -0.39 is 10.9 Å². The Morgan fingerprint density at radius 2 is 2.17 bits per heavy atom. The number of thioether (sulfide) groups is 1. The second-order valence-corrected chi connectivity index (χ2v) is 6.34. The molecule has 2 rings (SSSR count). The summed E-state index contributed by atoms with van der Waals surface area (Å²) in [6, 6.07) is 5.91. The monoisotopic (exact) mass is 351 g/mol. The number of nitro groups is 1. The Kier molecular flexibility index (Phi) is 5.45.